The van der Waals surface area contributed by atoms with E-state index in [1.165, 1.54) is 0 Å². The lowest BCUT2D eigenvalue weighted by molar-refractivity contribution is 0.297. The molecule has 0 unspecified atom stereocenters. The van der Waals surface area contributed by atoms with Crippen LogP contribution in [0.25, 0.3) is 0 Å². The van der Waals surface area contributed by atoms with E-state index in [2.05, 4.69) is 9.47 Å². The molecule has 0 fully saturated rings. The summed E-state index contributed by atoms with van der Waals surface area (Å²) in [7, 11) is 0. The molecule has 4 N–H and O–H groups in total. The van der Waals surface area contributed by atoms with Crippen molar-refractivity contribution in [3.05, 3.63) is 69.8 Å². The van der Waals surface area contributed by atoms with Crippen LogP contribution in [0.4, 0.5) is 64.1 Å². The third-order valence-electron chi connectivity index (χ3n) is 4.11. The predicted octanol–water partition coefficient (Wildman–Crippen LogP) is 6.10. The van der Waals surface area contributed by atoms with E-state index >= 15 is 0 Å². The van der Waals surface area contributed by atoms with E-state index in [1.54, 1.807) is 0 Å². The summed E-state index contributed by atoms with van der Waals surface area (Å²) in [5.41, 5.74) is 5.98. The topological polar surface area (TPSA) is 70.5 Å². The van der Waals surface area contributed by atoms with E-state index in [1.807, 2.05) is 0 Å². The first-order valence-corrected chi connectivity index (χ1v) is 8.16. The van der Waals surface area contributed by atoms with Crippen molar-refractivity contribution < 1.29 is 62.2 Å². The maximum atomic E-state index is 14.3. The number of ether oxygens (including phenoxy) is 2. The van der Waals surface area contributed by atoms with Gasteiger partial charge in [-0.25, -0.2) is 26.3 Å². The lowest BCUT2D eigenvalue weighted by Gasteiger charge is -2.17. The highest BCUT2D eigenvalue weighted by atomic mass is 19.2. The van der Waals surface area contributed by atoms with E-state index in [9.17, 15) is 52.7 Å². The summed E-state index contributed by atoms with van der Waals surface area (Å²) >= 11 is 0. The van der Waals surface area contributed by atoms with Gasteiger partial charge in [-0.05, 0) is 0 Å². The zero-order valence-corrected chi connectivity index (χ0v) is 15.5. The van der Waals surface area contributed by atoms with E-state index in [-0.39, 0.29) is 0 Å². The molecule has 0 amide bonds. The van der Waals surface area contributed by atoms with Gasteiger partial charge in [0.05, 0.1) is 0 Å². The molecule has 0 saturated carbocycles. The van der Waals surface area contributed by atoms with Crippen LogP contribution in [0.5, 0.6) is 23.0 Å². The molecule has 3 aromatic rings. The predicted molar refractivity (Wildman–Crippen MR) is 87.8 cm³/mol. The van der Waals surface area contributed by atoms with Crippen LogP contribution in [0.15, 0.2) is 0 Å². The molecule has 0 aliphatic heterocycles. The zero-order valence-electron chi connectivity index (χ0n) is 15.5. The minimum Gasteiger partial charge on any atom is -0.444 e. The van der Waals surface area contributed by atoms with Crippen LogP contribution in [-0.4, -0.2) is 0 Å². The van der Waals surface area contributed by atoms with Crippen molar-refractivity contribution in [3.63, 3.8) is 0 Å². The first-order valence-electron chi connectivity index (χ1n) is 8.16. The smallest absolute Gasteiger partial charge is 0.212 e. The SMILES string of the molecule is Nc1c(F)c(F)c(Oc2c(F)c(F)c(F)c(F)c2Oc2c(F)c(F)c(N)c(F)c2F)c(F)c1F. The Balaban J connectivity index is 2.32. The minimum atomic E-state index is -2.77. The lowest BCUT2D eigenvalue weighted by atomic mass is 10.2. The van der Waals surface area contributed by atoms with E-state index in [0.717, 1.165) is 0 Å². The lowest BCUT2D eigenvalue weighted by Crippen LogP contribution is -2.10. The molecule has 0 radical (unpaired) electrons. The monoisotopic (exact) mass is 508 g/mol. The summed E-state index contributed by atoms with van der Waals surface area (Å²) in [6, 6.07) is 0. The van der Waals surface area contributed by atoms with Crippen molar-refractivity contribution >= 4 is 11.4 Å². The molecule has 4 nitrogen and oxygen atoms in total. The molecule has 0 spiro atoms. The summed E-state index contributed by atoms with van der Waals surface area (Å²) in [5.74, 6) is -39.5. The molecule has 3 aromatic carbocycles. The average molecular weight is 508 g/mol. The third kappa shape index (κ3) is 3.54. The number of halogens is 12. The molecule has 0 saturated heterocycles. The largest absolute Gasteiger partial charge is 0.444 e. The minimum absolute atomic E-state index is 1.74. The fourth-order valence-electron chi connectivity index (χ4n) is 2.41. The highest BCUT2D eigenvalue weighted by Crippen LogP contribution is 2.45. The van der Waals surface area contributed by atoms with Crippen LogP contribution in [0.1, 0.15) is 0 Å². The molecule has 182 valence electrons. The molecular weight excluding hydrogens is 504 g/mol. The van der Waals surface area contributed by atoms with Gasteiger partial charge in [0.2, 0.25) is 69.5 Å². The molecule has 0 aromatic heterocycles. The number of rotatable bonds is 4. The second-order valence-corrected chi connectivity index (χ2v) is 6.12. The first kappa shape index (κ1) is 24.7. The molecule has 34 heavy (non-hydrogen) atoms. The van der Waals surface area contributed by atoms with Gasteiger partial charge >= 0.3 is 0 Å². The van der Waals surface area contributed by atoms with Crippen molar-refractivity contribution in [2.45, 2.75) is 0 Å². The molecule has 0 aliphatic rings. The molecule has 0 heterocycles. The fourth-order valence-corrected chi connectivity index (χ4v) is 2.41. The summed E-state index contributed by atoms with van der Waals surface area (Å²) < 4.78 is 174. The Morgan fingerprint density at radius 2 is 0.500 bits per heavy atom. The highest BCUT2D eigenvalue weighted by molar-refractivity contribution is 5.54. The van der Waals surface area contributed by atoms with Crippen molar-refractivity contribution in [2.24, 2.45) is 0 Å². The average Bonchev–Trinajstić information content (AvgIpc) is 2.82. The number of anilines is 2. The molecule has 0 bridgehead atoms. The van der Waals surface area contributed by atoms with Crippen LogP contribution in [-0.2, 0) is 0 Å². The summed E-state index contributed by atoms with van der Waals surface area (Å²) in [6.45, 7) is 0. The van der Waals surface area contributed by atoms with Crippen molar-refractivity contribution in [3.8, 4) is 23.0 Å². The Hall–Kier alpha value is -3.98. The van der Waals surface area contributed by atoms with Gasteiger partial charge in [-0.2, -0.15) is 26.3 Å². The maximum Gasteiger partial charge on any atom is 0.212 e. The molecular formula is C18H4F12N2O2. The molecule has 0 atom stereocenters. The van der Waals surface area contributed by atoms with Gasteiger partial charge in [0.1, 0.15) is 11.4 Å². The zero-order chi connectivity index (χ0) is 25.8. The maximum absolute atomic E-state index is 14.3. The van der Waals surface area contributed by atoms with Gasteiger partial charge in [0.25, 0.3) is 0 Å². The quantitative estimate of drug-likeness (QED) is 0.193. The van der Waals surface area contributed by atoms with Crippen LogP contribution in [0.2, 0.25) is 0 Å². The van der Waals surface area contributed by atoms with Gasteiger partial charge in [-0.3, -0.25) is 0 Å². The Bertz CT molecular complexity index is 1200. The van der Waals surface area contributed by atoms with Crippen LogP contribution < -0.4 is 20.9 Å². The number of nitrogens with two attached hydrogens (primary N) is 2. The van der Waals surface area contributed by atoms with Gasteiger partial charge in [-0.1, -0.05) is 0 Å². The third-order valence-corrected chi connectivity index (χ3v) is 4.11. The van der Waals surface area contributed by atoms with Crippen molar-refractivity contribution in [1.82, 2.24) is 0 Å². The fraction of sp³-hybridized carbons (Fsp3) is 0. The molecule has 0 aliphatic carbocycles. The summed E-state index contributed by atoms with van der Waals surface area (Å²) in [4.78, 5) is 0. The number of hydrogen-bond donors (Lipinski definition) is 2. The van der Waals surface area contributed by atoms with Crippen molar-refractivity contribution in [2.75, 3.05) is 11.5 Å². The molecule has 3 rings (SSSR count). The summed E-state index contributed by atoms with van der Waals surface area (Å²) in [6.07, 6.45) is 0. The summed E-state index contributed by atoms with van der Waals surface area (Å²) in [5, 5.41) is 0. The van der Waals surface area contributed by atoms with Gasteiger partial charge in [0, 0.05) is 0 Å². The van der Waals surface area contributed by atoms with Gasteiger partial charge in [0.15, 0.2) is 23.3 Å². The Labute approximate surface area is 178 Å². The standard InChI is InChI=1S/C18H4F12N2O2/c19-1-2(20)8(26)18(34-16-11(29)5(23)14(32)6(24)12(16)30)17(7(1)25)33-15-9(27)3(21)13(31)4(22)10(15)28/h31-32H2. The van der Waals surface area contributed by atoms with Gasteiger partial charge in [-0.15, -0.1) is 0 Å². The number of benzene rings is 3. The van der Waals surface area contributed by atoms with Crippen LogP contribution >= 0.6 is 0 Å². The van der Waals surface area contributed by atoms with Crippen LogP contribution in [0, 0.1) is 69.8 Å². The Morgan fingerprint density at radius 1 is 0.294 bits per heavy atom. The van der Waals surface area contributed by atoms with Crippen molar-refractivity contribution in [1.29, 1.82) is 0 Å². The van der Waals surface area contributed by atoms with E-state index in [0.29, 0.717) is 0 Å². The number of nitrogen functional groups attached to an aromatic ring is 2. The van der Waals surface area contributed by atoms with Gasteiger partial charge < -0.3 is 20.9 Å². The highest BCUT2D eigenvalue weighted by Gasteiger charge is 2.35. The Morgan fingerprint density at radius 3 is 0.735 bits per heavy atom. The normalized spacial score (nSPS) is 11.2. The van der Waals surface area contributed by atoms with E-state index < -0.39 is 104 Å². The second kappa shape index (κ2) is 8.42. The number of hydrogen-bond acceptors (Lipinski definition) is 4. The van der Waals surface area contributed by atoms with E-state index in [4.69, 9.17) is 11.5 Å². The molecule has 16 heteroatoms. The first-order chi connectivity index (χ1) is 15.7. The second-order valence-electron chi connectivity index (χ2n) is 6.12. The Kier molecular flexibility index (Phi) is 6.11. The van der Waals surface area contributed by atoms with Crippen LogP contribution in [0.3, 0.4) is 0 Å².